The van der Waals surface area contributed by atoms with Crippen molar-refractivity contribution in [1.82, 2.24) is 4.98 Å². The van der Waals surface area contributed by atoms with Gasteiger partial charge in [0.2, 0.25) is 5.91 Å². The summed E-state index contributed by atoms with van der Waals surface area (Å²) in [5.41, 5.74) is -0.169. The molecule has 0 saturated heterocycles. The van der Waals surface area contributed by atoms with E-state index in [1.807, 2.05) is 24.3 Å². The zero-order chi connectivity index (χ0) is 18.0. The Morgan fingerprint density at radius 2 is 1.96 bits per heavy atom. The number of carbonyl (C=O) groups excluding carboxylic acids is 1. The minimum Gasteiger partial charge on any atom is -0.322 e. The number of hydrogen-bond acceptors (Lipinski definition) is 3. The fraction of sp³-hybridized carbons (Fsp3) is 0.0588. The number of hydrogen-bond donors (Lipinski definition) is 1. The summed E-state index contributed by atoms with van der Waals surface area (Å²) < 4.78 is 39.4. The average molecular weight is 383 g/mol. The van der Waals surface area contributed by atoms with Gasteiger partial charge in [-0.25, -0.2) is 4.98 Å². The number of aromatic nitrogens is 1. The van der Waals surface area contributed by atoms with Gasteiger partial charge in [0.05, 0.1) is 20.8 Å². The topological polar surface area (TPSA) is 42.0 Å². The first-order valence-corrected chi connectivity index (χ1v) is 8.24. The van der Waals surface area contributed by atoms with E-state index >= 15 is 0 Å². The number of fused-ring (bicyclic) bond motifs is 1. The maximum Gasteiger partial charge on any atom is 0.417 e. The third-order valence-electron chi connectivity index (χ3n) is 3.23. The van der Waals surface area contributed by atoms with Gasteiger partial charge in [0.1, 0.15) is 5.01 Å². The van der Waals surface area contributed by atoms with Gasteiger partial charge in [-0.15, -0.1) is 11.3 Å². The second-order valence-electron chi connectivity index (χ2n) is 5.03. The van der Waals surface area contributed by atoms with Crippen LogP contribution in [0.25, 0.3) is 16.3 Å². The second kappa shape index (κ2) is 6.85. The number of benzene rings is 2. The first kappa shape index (κ1) is 17.4. The fourth-order valence-corrected chi connectivity index (χ4v) is 3.21. The number of carbonyl (C=O) groups is 1. The van der Waals surface area contributed by atoms with Crippen LogP contribution in [0.1, 0.15) is 10.6 Å². The van der Waals surface area contributed by atoms with Crippen LogP contribution in [0, 0.1) is 0 Å². The third-order valence-corrected chi connectivity index (χ3v) is 4.56. The lowest BCUT2D eigenvalue weighted by atomic mass is 10.2. The molecule has 0 radical (unpaired) electrons. The number of amides is 1. The van der Waals surface area contributed by atoms with Gasteiger partial charge in [-0.05, 0) is 36.4 Å². The molecule has 3 nitrogen and oxygen atoms in total. The van der Waals surface area contributed by atoms with E-state index < -0.39 is 22.7 Å². The Balaban J connectivity index is 1.74. The second-order valence-corrected chi connectivity index (χ2v) is 6.50. The molecule has 0 spiro atoms. The van der Waals surface area contributed by atoms with E-state index in [0.717, 1.165) is 22.3 Å². The first-order valence-electron chi connectivity index (χ1n) is 7.04. The smallest absolute Gasteiger partial charge is 0.322 e. The van der Waals surface area contributed by atoms with Crippen LogP contribution in [0.3, 0.4) is 0 Å². The van der Waals surface area contributed by atoms with Crippen molar-refractivity contribution in [2.75, 3.05) is 5.32 Å². The average Bonchev–Trinajstić information content (AvgIpc) is 2.96. The van der Waals surface area contributed by atoms with Crippen molar-refractivity contribution in [2.45, 2.75) is 6.18 Å². The molecular weight excluding hydrogens is 373 g/mol. The van der Waals surface area contributed by atoms with Crippen LogP contribution in [0.15, 0.2) is 48.5 Å². The van der Waals surface area contributed by atoms with Crippen LogP contribution >= 0.6 is 22.9 Å². The van der Waals surface area contributed by atoms with Gasteiger partial charge in [-0.3, -0.25) is 4.79 Å². The Hall–Kier alpha value is -2.38. The molecule has 3 rings (SSSR count). The highest BCUT2D eigenvalue weighted by Crippen LogP contribution is 2.36. The molecule has 1 amide bonds. The molecule has 1 heterocycles. The highest BCUT2D eigenvalue weighted by atomic mass is 35.5. The molecule has 0 bridgehead atoms. The van der Waals surface area contributed by atoms with Crippen molar-refractivity contribution in [3.63, 3.8) is 0 Å². The minimum absolute atomic E-state index is 0.00988. The van der Waals surface area contributed by atoms with E-state index in [1.165, 1.54) is 29.6 Å². The largest absolute Gasteiger partial charge is 0.417 e. The Bertz CT molecular complexity index is 933. The summed E-state index contributed by atoms with van der Waals surface area (Å²) in [7, 11) is 0. The standard InChI is InChI=1S/C17H10ClF3N2OS/c18-12-6-5-10(9-11(12)17(19,20)21)22-15(24)7-8-16-23-13-3-1-2-4-14(13)25-16/h1-9H,(H,22,24)/b8-7+. The summed E-state index contributed by atoms with van der Waals surface area (Å²) in [6.07, 6.45) is -1.85. The molecular formula is C17H10ClF3N2OS. The highest BCUT2D eigenvalue weighted by molar-refractivity contribution is 7.19. The Labute approximate surface area is 149 Å². The highest BCUT2D eigenvalue weighted by Gasteiger charge is 2.33. The normalized spacial score (nSPS) is 12.0. The van der Waals surface area contributed by atoms with E-state index in [4.69, 9.17) is 11.6 Å². The van der Waals surface area contributed by atoms with Crippen molar-refractivity contribution >= 4 is 50.8 Å². The minimum atomic E-state index is -4.59. The molecule has 128 valence electrons. The molecule has 1 aromatic heterocycles. The molecule has 2 aromatic carbocycles. The summed E-state index contributed by atoms with van der Waals surface area (Å²) in [4.78, 5) is 16.2. The van der Waals surface area contributed by atoms with Crippen molar-refractivity contribution < 1.29 is 18.0 Å². The van der Waals surface area contributed by atoms with E-state index in [2.05, 4.69) is 10.3 Å². The zero-order valence-electron chi connectivity index (χ0n) is 12.5. The number of thiazole rings is 1. The SMILES string of the molecule is O=C(/C=C/c1nc2ccccc2s1)Nc1ccc(Cl)c(C(F)(F)F)c1. The van der Waals surface area contributed by atoms with Crippen LogP contribution in [0.5, 0.6) is 0 Å². The summed E-state index contributed by atoms with van der Waals surface area (Å²) in [6, 6.07) is 10.7. The summed E-state index contributed by atoms with van der Waals surface area (Å²) in [6.45, 7) is 0. The van der Waals surface area contributed by atoms with Crippen molar-refractivity contribution in [2.24, 2.45) is 0 Å². The third kappa shape index (κ3) is 4.18. The number of halogens is 4. The molecule has 25 heavy (non-hydrogen) atoms. The van der Waals surface area contributed by atoms with Crippen LogP contribution in [-0.2, 0) is 11.0 Å². The predicted octanol–water partition coefficient (Wildman–Crippen LogP) is 5.62. The summed E-state index contributed by atoms with van der Waals surface area (Å²) in [5.74, 6) is -0.560. The van der Waals surface area contributed by atoms with E-state index in [0.29, 0.717) is 5.01 Å². The number of anilines is 1. The lowest BCUT2D eigenvalue weighted by Crippen LogP contribution is -2.10. The quantitative estimate of drug-likeness (QED) is 0.597. The van der Waals surface area contributed by atoms with Gasteiger partial charge in [0.15, 0.2) is 0 Å². The molecule has 0 aliphatic rings. The number of para-hydroxylation sites is 1. The van der Waals surface area contributed by atoms with Crippen LogP contribution in [0.2, 0.25) is 5.02 Å². The Morgan fingerprint density at radius 3 is 2.68 bits per heavy atom. The number of nitrogens with zero attached hydrogens (tertiary/aromatic N) is 1. The first-order chi connectivity index (χ1) is 11.8. The van der Waals surface area contributed by atoms with Crippen molar-refractivity contribution in [3.05, 3.63) is 64.1 Å². The molecule has 8 heteroatoms. The van der Waals surface area contributed by atoms with Gasteiger partial charge >= 0.3 is 6.18 Å². The van der Waals surface area contributed by atoms with Crippen LogP contribution in [0.4, 0.5) is 18.9 Å². The fourth-order valence-electron chi connectivity index (χ4n) is 2.11. The molecule has 1 N–H and O–H groups in total. The van der Waals surface area contributed by atoms with Gasteiger partial charge in [-0.1, -0.05) is 23.7 Å². The van der Waals surface area contributed by atoms with Gasteiger partial charge in [0, 0.05) is 11.8 Å². The van der Waals surface area contributed by atoms with Crippen LogP contribution in [-0.4, -0.2) is 10.9 Å². The Morgan fingerprint density at radius 1 is 1.20 bits per heavy atom. The predicted molar refractivity (Wildman–Crippen MR) is 93.7 cm³/mol. The summed E-state index contributed by atoms with van der Waals surface area (Å²) in [5, 5.41) is 2.59. The molecule has 3 aromatic rings. The monoisotopic (exact) mass is 382 g/mol. The van der Waals surface area contributed by atoms with E-state index in [9.17, 15) is 18.0 Å². The van der Waals surface area contributed by atoms with Gasteiger partial charge in [-0.2, -0.15) is 13.2 Å². The molecule has 0 saturated carbocycles. The number of alkyl halides is 3. The van der Waals surface area contributed by atoms with Gasteiger partial charge in [0.25, 0.3) is 0 Å². The van der Waals surface area contributed by atoms with E-state index in [1.54, 1.807) is 0 Å². The van der Waals surface area contributed by atoms with Gasteiger partial charge < -0.3 is 5.32 Å². The number of nitrogens with one attached hydrogen (secondary N) is 1. The summed E-state index contributed by atoms with van der Waals surface area (Å²) >= 11 is 6.95. The molecule has 0 atom stereocenters. The van der Waals surface area contributed by atoms with Crippen molar-refractivity contribution in [3.8, 4) is 0 Å². The Kier molecular flexibility index (Phi) is 4.78. The zero-order valence-corrected chi connectivity index (χ0v) is 14.0. The maximum atomic E-state index is 12.8. The molecule has 0 fully saturated rings. The molecule has 0 unspecified atom stereocenters. The lowest BCUT2D eigenvalue weighted by molar-refractivity contribution is -0.137. The molecule has 0 aliphatic carbocycles. The molecule has 0 aliphatic heterocycles. The number of rotatable bonds is 3. The van der Waals surface area contributed by atoms with Crippen LogP contribution < -0.4 is 5.32 Å². The van der Waals surface area contributed by atoms with E-state index in [-0.39, 0.29) is 5.69 Å². The maximum absolute atomic E-state index is 12.8. The lowest BCUT2D eigenvalue weighted by Gasteiger charge is -2.11. The van der Waals surface area contributed by atoms with Crippen molar-refractivity contribution in [1.29, 1.82) is 0 Å².